The molecule has 4 nitrogen and oxygen atoms in total. The number of hydrogen-bond acceptors (Lipinski definition) is 3. The van der Waals surface area contributed by atoms with Gasteiger partial charge in [-0.15, -0.1) is 0 Å². The summed E-state index contributed by atoms with van der Waals surface area (Å²) in [6.45, 7) is 0.410. The Kier molecular flexibility index (Phi) is 5.15. The number of rotatable bonds is 6. The molecule has 0 heterocycles. The van der Waals surface area contributed by atoms with Crippen molar-refractivity contribution in [2.45, 2.75) is 13.2 Å². The quantitative estimate of drug-likeness (QED) is 0.843. The molecule has 2 N–H and O–H groups in total. The normalized spacial score (nSPS) is 10.1. The van der Waals surface area contributed by atoms with Gasteiger partial charge in [-0.25, -0.2) is 0 Å². The van der Waals surface area contributed by atoms with E-state index in [0.29, 0.717) is 12.3 Å². The third kappa shape index (κ3) is 4.40. The van der Waals surface area contributed by atoms with Gasteiger partial charge in [0.25, 0.3) is 5.91 Å². The van der Waals surface area contributed by atoms with E-state index in [1.165, 1.54) is 0 Å². The molecule has 2 aromatic rings. The Morgan fingerprint density at radius 2 is 1.80 bits per heavy atom. The molecule has 0 bridgehead atoms. The van der Waals surface area contributed by atoms with Crippen LogP contribution in [0.3, 0.4) is 0 Å². The number of nitrogens with one attached hydrogen (secondary N) is 1. The van der Waals surface area contributed by atoms with E-state index in [9.17, 15) is 4.79 Å². The van der Waals surface area contributed by atoms with Gasteiger partial charge in [-0.05, 0) is 23.3 Å². The molecule has 2 aromatic carbocycles. The molecule has 2 rings (SSSR count). The Balaban J connectivity index is 1.77. The van der Waals surface area contributed by atoms with Crippen LogP contribution in [0.25, 0.3) is 0 Å². The van der Waals surface area contributed by atoms with Crippen molar-refractivity contribution >= 4 is 5.91 Å². The molecule has 0 saturated carbocycles. The maximum Gasteiger partial charge on any atom is 0.258 e. The maximum absolute atomic E-state index is 11.7. The van der Waals surface area contributed by atoms with Gasteiger partial charge in [-0.1, -0.05) is 42.5 Å². The van der Waals surface area contributed by atoms with Crippen LogP contribution in [0.4, 0.5) is 0 Å². The van der Waals surface area contributed by atoms with Crippen LogP contribution < -0.4 is 10.1 Å². The van der Waals surface area contributed by atoms with Crippen molar-refractivity contribution in [3.8, 4) is 5.75 Å². The SMILES string of the molecule is O=C(COc1ccccc1)NCc1cccc(CO)c1. The van der Waals surface area contributed by atoms with Crippen LogP contribution in [0, 0.1) is 0 Å². The number of aliphatic hydroxyl groups excluding tert-OH is 1. The van der Waals surface area contributed by atoms with Crippen LogP contribution in [0.15, 0.2) is 54.6 Å². The molecule has 4 heteroatoms. The van der Waals surface area contributed by atoms with Crippen LogP contribution in [-0.2, 0) is 17.9 Å². The minimum absolute atomic E-state index is 0.00109. The molecule has 0 aliphatic carbocycles. The second-order valence-corrected chi connectivity index (χ2v) is 4.36. The van der Waals surface area contributed by atoms with Crippen molar-refractivity contribution in [1.29, 1.82) is 0 Å². The minimum atomic E-state index is -0.178. The zero-order chi connectivity index (χ0) is 14.2. The van der Waals surface area contributed by atoms with Gasteiger partial charge < -0.3 is 15.2 Å². The van der Waals surface area contributed by atoms with E-state index >= 15 is 0 Å². The molecule has 0 atom stereocenters. The van der Waals surface area contributed by atoms with E-state index < -0.39 is 0 Å². The fourth-order valence-corrected chi connectivity index (χ4v) is 1.76. The average Bonchev–Trinajstić information content (AvgIpc) is 2.52. The standard InChI is InChI=1S/C16H17NO3/c18-11-14-6-4-5-13(9-14)10-17-16(19)12-20-15-7-2-1-3-8-15/h1-9,18H,10-12H2,(H,17,19). The second-order valence-electron chi connectivity index (χ2n) is 4.36. The lowest BCUT2D eigenvalue weighted by atomic mass is 10.1. The fraction of sp³-hybridized carbons (Fsp3) is 0.188. The monoisotopic (exact) mass is 271 g/mol. The summed E-state index contributed by atoms with van der Waals surface area (Å²) in [5.74, 6) is 0.494. The predicted octanol–water partition coefficient (Wildman–Crippen LogP) is 1.87. The largest absolute Gasteiger partial charge is 0.484 e. The van der Waals surface area contributed by atoms with Crippen LogP contribution in [0.5, 0.6) is 5.75 Å². The van der Waals surface area contributed by atoms with E-state index in [-0.39, 0.29) is 19.1 Å². The molecule has 0 aliphatic heterocycles. The number of carbonyl (C=O) groups excluding carboxylic acids is 1. The summed E-state index contributed by atoms with van der Waals surface area (Å²) < 4.78 is 5.35. The van der Waals surface area contributed by atoms with Crippen molar-refractivity contribution in [2.24, 2.45) is 0 Å². The highest BCUT2D eigenvalue weighted by Crippen LogP contribution is 2.08. The highest BCUT2D eigenvalue weighted by molar-refractivity contribution is 5.77. The zero-order valence-corrected chi connectivity index (χ0v) is 11.1. The van der Waals surface area contributed by atoms with Gasteiger partial charge in [-0.2, -0.15) is 0 Å². The van der Waals surface area contributed by atoms with Crippen molar-refractivity contribution in [2.75, 3.05) is 6.61 Å². The lowest BCUT2D eigenvalue weighted by Gasteiger charge is -2.08. The summed E-state index contributed by atoms with van der Waals surface area (Å²) in [7, 11) is 0. The summed E-state index contributed by atoms with van der Waals surface area (Å²) >= 11 is 0. The number of aliphatic hydroxyl groups is 1. The number of ether oxygens (including phenoxy) is 1. The fourth-order valence-electron chi connectivity index (χ4n) is 1.76. The summed E-state index contributed by atoms with van der Waals surface area (Å²) in [6.07, 6.45) is 0. The van der Waals surface area contributed by atoms with Gasteiger partial charge in [0.15, 0.2) is 6.61 Å². The number of benzene rings is 2. The molecular formula is C16H17NO3. The van der Waals surface area contributed by atoms with Crippen molar-refractivity contribution in [3.63, 3.8) is 0 Å². The van der Waals surface area contributed by atoms with Crippen molar-refractivity contribution in [1.82, 2.24) is 5.32 Å². The first-order valence-corrected chi connectivity index (χ1v) is 6.41. The molecule has 20 heavy (non-hydrogen) atoms. The maximum atomic E-state index is 11.7. The van der Waals surface area contributed by atoms with Gasteiger partial charge in [-0.3, -0.25) is 4.79 Å². The average molecular weight is 271 g/mol. The smallest absolute Gasteiger partial charge is 0.258 e. The predicted molar refractivity (Wildman–Crippen MR) is 76.1 cm³/mol. The molecule has 0 fully saturated rings. The molecule has 0 unspecified atom stereocenters. The van der Waals surface area contributed by atoms with E-state index in [2.05, 4.69) is 5.32 Å². The molecule has 0 radical (unpaired) electrons. The molecule has 0 spiro atoms. The highest BCUT2D eigenvalue weighted by atomic mass is 16.5. The zero-order valence-electron chi connectivity index (χ0n) is 11.1. The summed E-state index contributed by atoms with van der Waals surface area (Å²) in [6, 6.07) is 16.7. The van der Waals surface area contributed by atoms with E-state index in [4.69, 9.17) is 9.84 Å². The van der Waals surface area contributed by atoms with Crippen LogP contribution in [0.2, 0.25) is 0 Å². The van der Waals surface area contributed by atoms with Gasteiger partial charge in [0.05, 0.1) is 6.61 Å². The van der Waals surface area contributed by atoms with Gasteiger partial charge in [0, 0.05) is 6.54 Å². The van der Waals surface area contributed by atoms with E-state index in [0.717, 1.165) is 11.1 Å². The summed E-state index contributed by atoms with van der Waals surface area (Å²) in [4.78, 5) is 11.7. The Bertz CT molecular complexity index is 555. The first-order valence-electron chi connectivity index (χ1n) is 6.41. The van der Waals surface area contributed by atoms with Crippen molar-refractivity contribution < 1.29 is 14.6 Å². The van der Waals surface area contributed by atoms with Gasteiger partial charge >= 0.3 is 0 Å². The van der Waals surface area contributed by atoms with Crippen LogP contribution in [-0.4, -0.2) is 17.6 Å². The molecule has 0 aliphatic rings. The number of hydrogen-bond donors (Lipinski definition) is 2. The number of carbonyl (C=O) groups is 1. The second kappa shape index (κ2) is 7.31. The Morgan fingerprint density at radius 1 is 1.05 bits per heavy atom. The molecule has 0 aromatic heterocycles. The molecular weight excluding hydrogens is 254 g/mol. The third-order valence-corrected chi connectivity index (χ3v) is 2.78. The molecule has 104 valence electrons. The minimum Gasteiger partial charge on any atom is -0.484 e. The van der Waals surface area contributed by atoms with Crippen LogP contribution >= 0.6 is 0 Å². The first-order chi connectivity index (χ1) is 9.78. The Hall–Kier alpha value is -2.33. The lowest BCUT2D eigenvalue weighted by molar-refractivity contribution is -0.123. The van der Waals surface area contributed by atoms with Gasteiger partial charge in [0.2, 0.25) is 0 Å². The lowest BCUT2D eigenvalue weighted by Crippen LogP contribution is -2.28. The van der Waals surface area contributed by atoms with E-state index in [1.54, 1.807) is 12.1 Å². The highest BCUT2D eigenvalue weighted by Gasteiger charge is 2.03. The summed E-state index contributed by atoms with van der Waals surface area (Å²) in [5.41, 5.74) is 1.78. The Labute approximate surface area is 118 Å². The third-order valence-electron chi connectivity index (χ3n) is 2.78. The first kappa shape index (κ1) is 14.1. The Morgan fingerprint density at radius 3 is 2.55 bits per heavy atom. The van der Waals surface area contributed by atoms with Gasteiger partial charge in [0.1, 0.15) is 5.75 Å². The van der Waals surface area contributed by atoms with Crippen molar-refractivity contribution in [3.05, 3.63) is 65.7 Å². The number of para-hydroxylation sites is 1. The molecule has 0 saturated heterocycles. The van der Waals surface area contributed by atoms with Crippen LogP contribution in [0.1, 0.15) is 11.1 Å². The van der Waals surface area contributed by atoms with E-state index in [1.807, 2.05) is 42.5 Å². The summed E-state index contributed by atoms with van der Waals surface area (Å²) in [5, 5.41) is 11.8. The number of amides is 1. The topological polar surface area (TPSA) is 58.6 Å². The molecule has 1 amide bonds.